The molecule has 2 amide bonds. The van der Waals surface area contributed by atoms with E-state index < -0.39 is 0 Å². The minimum Gasteiger partial charge on any atom is -0.320 e. The predicted molar refractivity (Wildman–Crippen MR) is 89.6 cm³/mol. The third-order valence-electron chi connectivity index (χ3n) is 3.77. The van der Waals surface area contributed by atoms with E-state index in [-0.39, 0.29) is 6.03 Å². The molecule has 1 aliphatic rings. The van der Waals surface area contributed by atoms with Crippen molar-refractivity contribution in [1.29, 1.82) is 0 Å². The number of nitrogens with zero attached hydrogens (tertiary/aromatic N) is 1. The molecule has 0 aliphatic carbocycles. The zero-order valence-corrected chi connectivity index (χ0v) is 12.9. The van der Waals surface area contributed by atoms with Gasteiger partial charge in [0.15, 0.2) is 0 Å². The maximum atomic E-state index is 12.2. The van der Waals surface area contributed by atoms with Gasteiger partial charge in [0.25, 0.3) is 0 Å². The summed E-state index contributed by atoms with van der Waals surface area (Å²) in [6, 6.07) is 15.7. The molecule has 1 aliphatic heterocycles. The Hall–Kier alpha value is -2.26. The summed E-state index contributed by atoms with van der Waals surface area (Å²) in [6.45, 7) is 1.41. The summed E-state index contributed by atoms with van der Waals surface area (Å²) >= 11 is 5.84. The maximum Gasteiger partial charge on any atom is 0.321 e. The number of hydrogen-bond donors (Lipinski definition) is 1. The van der Waals surface area contributed by atoms with Crippen molar-refractivity contribution in [2.45, 2.75) is 13.0 Å². The molecular formula is C18H17ClN2O. The van der Waals surface area contributed by atoms with Gasteiger partial charge in [0.2, 0.25) is 0 Å². The minimum absolute atomic E-state index is 0.0697. The Morgan fingerprint density at radius 3 is 2.59 bits per heavy atom. The van der Waals surface area contributed by atoms with Crippen LogP contribution in [0.2, 0.25) is 5.02 Å². The first kappa shape index (κ1) is 14.7. The van der Waals surface area contributed by atoms with Gasteiger partial charge in [-0.1, -0.05) is 48.0 Å². The predicted octanol–water partition coefficient (Wildman–Crippen LogP) is 4.08. The average molecular weight is 313 g/mol. The lowest BCUT2D eigenvalue weighted by Crippen LogP contribution is -2.40. The summed E-state index contributed by atoms with van der Waals surface area (Å²) < 4.78 is 0. The molecule has 2 aromatic rings. The van der Waals surface area contributed by atoms with Crippen LogP contribution in [0.25, 0.3) is 6.08 Å². The van der Waals surface area contributed by atoms with Gasteiger partial charge in [0.05, 0.1) is 0 Å². The van der Waals surface area contributed by atoms with Crippen molar-refractivity contribution in [3.8, 4) is 0 Å². The number of rotatable bonds is 2. The third-order valence-corrected chi connectivity index (χ3v) is 4.02. The molecular weight excluding hydrogens is 296 g/mol. The molecule has 112 valence electrons. The van der Waals surface area contributed by atoms with E-state index in [9.17, 15) is 4.79 Å². The summed E-state index contributed by atoms with van der Waals surface area (Å²) in [4.78, 5) is 14.0. The summed E-state index contributed by atoms with van der Waals surface area (Å²) in [5, 5.41) is 3.52. The number of fused-ring (bicyclic) bond motifs is 1. The second kappa shape index (κ2) is 6.67. The van der Waals surface area contributed by atoms with E-state index in [0.717, 1.165) is 18.5 Å². The van der Waals surface area contributed by atoms with Crippen molar-refractivity contribution in [1.82, 2.24) is 10.2 Å². The Morgan fingerprint density at radius 1 is 1.09 bits per heavy atom. The van der Waals surface area contributed by atoms with Gasteiger partial charge < -0.3 is 10.2 Å². The topological polar surface area (TPSA) is 32.3 Å². The fourth-order valence-corrected chi connectivity index (χ4v) is 2.67. The van der Waals surface area contributed by atoms with Crippen molar-refractivity contribution in [3.05, 3.63) is 76.4 Å². The first-order valence-corrected chi connectivity index (χ1v) is 7.64. The van der Waals surface area contributed by atoms with Crippen LogP contribution < -0.4 is 5.32 Å². The number of hydrogen-bond acceptors (Lipinski definition) is 1. The van der Waals surface area contributed by atoms with Gasteiger partial charge in [-0.15, -0.1) is 0 Å². The van der Waals surface area contributed by atoms with E-state index in [1.807, 2.05) is 47.4 Å². The van der Waals surface area contributed by atoms with Gasteiger partial charge in [0, 0.05) is 24.3 Å². The maximum absolute atomic E-state index is 12.2. The molecule has 22 heavy (non-hydrogen) atoms. The highest BCUT2D eigenvalue weighted by atomic mass is 35.5. The van der Waals surface area contributed by atoms with Gasteiger partial charge in [-0.05, 0) is 41.3 Å². The van der Waals surface area contributed by atoms with Crippen LogP contribution in [0.1, 0.15) is 16.7 Å². The van der Waals surface area contributed by atoms with Crippen LogP contribution in [-0.4, -0.2) is 17.5 Å². The van der Waals surface area contributed by atoms with E-state index in [4.69, 9.17) is 11.6 Å². The number of amides is 2. The number of urea groups is 1. The Kier molecular flexibility index (Phi) is 4.45. The molecule has 0 saturated heterocycles. The van der Waals surface area contributed by atoms with Crippen LogP contribution in [0.4, 0.5) is 4.79 Å². The first-order chi connectivity index (χ1) is 10.7. The van der Waals surface area contributed by atoms with E-state index in [2.05, 4.69) is 17.4 Å². The third kappa shape index (κ3) is 3.49. The second-order valence-corrected chi connectivity index (χ2v) is 5.71. The molecule has 1 heterocycles. The highest BCUT2D eigenvalue weighted by Crippen LogP contribution is 2.18. The summed E-state index contributed by atoms with van der Waals surface area (Å²) in [6.07, 6.45) is 4.43. The zero-order chi connectivity index (χ0) is 15.4. The van der Waals surface area contributed by atoms with Crippen molar-refractivity contribution < 1.29 is 4.79 Å². The Morgan fingerprint density at radius 2 is 1.82 bits per heavy atom. The molecule has 0 saturated carbocycles. The molecule has 0 aromatic heterocycles. The Balaban J connectivity index is 1.58. The molecule has 1 N–H and O–H groups in total. The minimum atomic E-state index is -0.0697. The molecule has 0 unspecified atom stereocenters. The second-order valence-electron chi connectivity index (χ2n) is 5.27. The molecule has 0 fully saturated rings. The lowest BCUT2D eigenvalue weighted by atomic mass is 10.0. The average Bonchev–Trinajstić information content (AvgIpc) is 2.56. The standard InChI is InChI=1S/C18H17ClN2O/c19-17-7-5-14(6-8-17)9-11-20-18(22)21-12-10-15-3-1-2-4-16(15)13-21/h1-9,11H,10,12-13H2,(H,20,22)/b11-9+. The smallest absolute Gasteiger partial charge is 0.320 e. The molecule has 0 bridgehead atoms. The SMILES string of the molecule is O=C(N/C=C/c1ccc(Cl)cc1)N1CCc2ccccc2C1. The molecule has 0 spiro atoms. The van der Waals surface area contributed by atoms with Gasteiger partial charge in [-0.25, -0.2) is 4.79 Å². The molecule has 0 radical (unpaired) electrons. The van der Waals surface area contributed by atoms with Crippen LogP contribution in [0.5, 0.6) is 0 Å². The van der Waals surface area contributed by atoms with Crippen molar-refractivity contribution in [2.75, 3.05) is 6.54 Å². The molecule has 4 heteroatoms. The molecule has 3 rings (SSSR count). The molecule has 2 aromatic carbocycles. The number of carbonyl (C=O) groups excluding carboxylic acids is 1. The number of halogens is 1. The van der Waals surface area contributed by atoms with Crippen molar-refractivity contribution in [3.63, 3.8) is 0 Å². The quantitative estimate of drug-likeness (QED) is 0.890. The van der Waals surface area contributed by atoms with Crippen molar-refractivity contribution in [2.24, 2.45) is 0 Å². The number of nitrogens with one attached hydrogen (secondary N) is 1. The highest BCUT2D eigenvalue weighted by Gasteiger charge is 2.19. The van der Waals surface area contributed by atoms with Crippen LogP contribution in [0.3, 0.4) is 0 Å². The van der Waals surface area contributed by atoms with Crippen LogP contribution in [-0.2, 0) is 13.0 Å². The lowest BCUT2D eigenvalue weighted by Gasteiger charge is -2.28. The fourth-order valence-electron chi connectivity index (χ4n) is 2.54. The van der Waals surface area contributed by atoms with E-state index in [1.54, 1.807) is 6.20 Å². The Labute approximate surface area is 135 Å². The highest BCUT2D eigenvalue weighted by molar-refractivity contribution is 6.30. The van der Waals surface area contributed by atoms with Crippen LogP contribution in [0, 0.1) is 0 Å². The van der Waals surface area contributed by atoms with Gasteiger partial charge in [-0.2, -0.15) is 0 Å². The van der Waals surface area contributed by atoms with Gasteiger partial charge >= 0.3 is 6.03 Å². The number of carbonyl (C=O) groups is 1. The summed E-state index contributed by atoms with van der Waals surface area (Å²) in [5.41, 5.74) is 3.56. The van der Waals surface area contributed by atoms with E-state index in [0.29, 0.717) is 11.6 Å². The monoisotopic (exact) mass is 312 g/mol. The van der Waals surface area contributed by atoms with Crippen LogP contribution in [0.15, 0.2) is 54.7 Å². The largest absolute Gasteiger partial charge is 0.321 e. The lowest BCUT2D eigenvalue weighted by molar-refractivity contribution is 0.196. The number of benzene rings is 2. The van der Waals surface area contributed by atoms with E-state index >= 15 is 0 Å². The van der Waals surface area contributed by atoms with Crippen LogP contribution >= 0.6 is 11.6 Å². The summed E-state index contributed by atoms with van der Waals surface area (Å²) in [5.74, 6) is 0. The zero-order valence-electron chi connectivity index (χ0n) is 12.1. The molecule has 0 atom stereocenters. The molecule has 3 nitrogen and oxygen atoms in total. The Bertz CT molecular complexity index is 694. The summed E-state index contributed by atoms with van der Waals surface area (Å²) in [7, 11) is 0. The normalized spacial score (nSPS) is 14.0. The van der Waals surface area contributed by atoms with E-state index in [1.165, 1.54) is 11.1 Å². The first-order valence-electron chi connectivity index (χ1n) is 7.27. The fraction of sp³-hybridized carbons (Fsp3) is 0.167. The van der Waals surface area contributed by atoms with Crippen molar-refractivity contribution >= 4 is 23.7 Å². The van der Waals surface area contributed by atoms with Gasteiger partial charge in [-0.3, -0.25) is 0 Å². The van der Waals surface area contributed by atoms with Gasteiger partial charge in [0.1, 0.15) is 0 Å².